The first-order valence-electron chi connectivity index (χ1n) is 8.58. The fraction of sp³-hybridized carbons (Fsp3) is 0.250. The third-order valence-corrected chi connectivity index (χ3v) is 5.86. The van der Waals surface area contributed by atoms with Crippen LogP contribution in [0.5, 0.6) is 5.75 Å². The molecular weight excluding hydrogens is 407 g/mol. The molecule has 0 aromatic heterocycles. The summed E-state index contributed by atoms with van der Waals surface area (Å²) < 4.78 is 70.9. The molecule has 0 radical (unpaired) electrons. The van der Waals surface area contributed by atoms with Crippen LogP contribution in [0.4, 0.5) is 13.2 Å². The molecule has 0 saturated carbocycles. The maximum absolute atomic E-state index is 12.9. The zero-order chi connectivity index (χ0) is 21.7. The van der Waals surface area contributed by atoms with Crippen molar-refractivity contribution in [2.45, 2.75) is 18.0 Å². The Labute approximate surface area is 167 Å². The van der Waals surface area contributed by atoms with Gasteiger partial charge in [-0.05, 0) is 37.3 Å². The van der Waals surface area contributed by atoms with Crippen LogP contribution >= 0.6 is 0 Å². The molecule has 0 aliphatic rings. The first-order chi connectivity index (χ1) is 13.6. The number of carbonyl (C=O) groups is 1. The molecule has 0 amide bonds. The molecule has 0 aliphatic heterocycles. The molecule has 0 aliphatic carbocycles. The van der Waals surface area contributed by atoms with Crippen molar-refractivity contribution in [3.05, 3.63) is 72.3 Å². The van der Waals surface area contributed by atoms with Gasteiger partial charge in [0.15, 0.2) is 5.78 Å². The second kappa shape index (κ2) is 9.23. The van der Waals surface area contributed by atoms with Gasteiger partial charge in [0.1, 0.15) is 12.4 Å². The number of hydrogen-bond acceptors (Lipinski definition) is 4. The van der Waals surface area contributed by atoms with Gasteiger partial charge >= 0.3 is 6.18 Å². The average molecular weight is 427 g/mol. The number of benzene rings is 2. The molecule has 0 bridgehead atoms. The molecule has 2 aromatic rings. The number of nitrogens with zero attached hydrogens (tertiary/aromatic N) is 1. The van der Waals surface area contributed by atoms with E-state index in [2.05, 4.69) is 6.58 Å². The summed E-state index contributed by atoms with van der Waals surface area (Å²) in [6, 6.07) is 10.0. The fourth-order valence-electron chi connectivity index (χ4n) is 2.58. The Morgan fingerprint density at radius 2 is 1.86 bits per heavy atom. The van der Waals surface area contributed by atoms with E-state index in [1.54, 1.807) is 24.3 Å². The van der Waals surface area contributed by atoms with Gasteiger partial charge in [-0.2, -0.15) is 17.5 Å². The summed E-state index contributed by atoms with van der Waals surface area (Å²) in [6.45, 7) is 4.52. The summed E-state index contributed by atoms with van der Waals surface area (Å²) in [5, 5.41) is 0. The van der Waals surface area contributed by atoms with Gasteiger partial charge in [-0.15, -0.1) is 6.58 Å². The summed E-state index contributed by atoms with van der Waals surface area (Å²) in [6.07, 6.45) is -3.33. The Kier molecular flexibility index (Phi) is 7.21. The standard InChI is InChI=1S/C20H20F3NO4S/c1-3-11-24(12-13-28-19-10-5-4-9-18(19)15(2)25)29(26,27)17-8-6-7-16(14-17)20(21,22)23/h3-10,14H,1,11-13H2,2H3. The molecule has 2 rings (SSSR count). The maximum atomic E-state index is 12.9. The molecule has 0 saturated heterocycles. The minimum atomic E-state index is -4.66. The number of hydrogen-bond donors (Lipinski definition) is 0. The van der Waals surface area contributed by atoms with Crippen molar-refractivity contribution >= 4 is 15.8 Å². The number of ether oxygens (including phenoxy) is 1. The summed E-state index contributed by atoms with van der Waals surface area (Å²) in [5.74, 6) is 0.0927. The number of Topliss-reactive ketones (excluding diaryl/α,β-unsaturated/α-hetero) is 1. The summed E-state index contributed by atoms with van der Waals surface area (Å²) >= 11 is 0. The maximum Gasteiger partial charge on any atom is 0.416 e. The summed E-state index contributed by atoms with van der Waals surface area (Å²) in [4.78, 5) is 11.2. The number of alkyl halides is 3. The van der Waals surface area contributed by atoms with Crippen LogP contribution in [0.1, 0.15) is 22.8 Å². The predicted octanol–water partition coefficient (Wildman–Crippen LogP) is 4.16. The van der Waals surface area contributed by atoms with Crippen LogP contribution in [0, 0.1) is 0 Å². The highest BCUT2D eigenvalue weighted by atomic mass is 32.2. The van der Waals surface area contributed by atoms with Crippen molar-refractivity contribution in [2.75, 3.05) is 19.7 Å². The topological polar surface area (TPSA) is 63.7 Å². The van der Waals surface area contributed by atoms with E-state index in [1.165, 1.54) is 13.0 Å². The Morgan fingerprint density at radius 1 is 1.17 bits per heavy atom. The second-order valence-electron chi connectivity index (χ2n) is 6.08. The van der Waals surface area contributed by atoms with E-state index in [0.29, 0.717) is 17.4 Å². The van der Waals surface area contributed by atoms with Crippen molar-refractivity contribution in [3.8, 4) is 5.75 Å². The highest BCUT2D eigenvalue weighted by Gasteiger charge is 2.32. The van der Waals surface area contributed by atoms with Gasteiger partial charge in [-0.1, -0.05) is 24.3 Å². The number of carbonyl (C=O) groups excluding carboxylic acids is 1. The van der Waals surface area contributed by atoms with Crippen molar-refractivity contribution in [2.24, 2.45) is 0 Å². The largest absolute Gasteiger partial charge is 0.491 e. The molecule has 0 atom stereocenters. The molecule has 2 aromatic carbocycles. The SMILES string of the molecule is C=CCN(CCOc1ccccc1C(C)=O)S(=O)(=O)c1cccc(C(F)(F)F)c1. The monoisotopic (exact) mass is 427 g/mol. The van der Waals surface area contributed by atoms with E-state index in [0.717, 1.165) is 22.5 Å². The smallest absolute Gasteiger partial charge is 0.416 e. The molecule has 0 fully saturated rings. The van der Waals surface area contributed by atoms with E-state index in [1.807, 2.05) is 0 Å². The molecule has 0 spiro atoms. The van der Waals surface area contributed by atoms with Crippen LogP contribution in [-0.4, -0.2) is 38.2 Å². The first kappa shape index (κ1) is 22.6. The fourth-order valence-corrected chi connectivity index (χ4v) is 4.02. The van der Waals surface area contributed by atoms with Crippen LogP contribution in [0.25, 0.3) is 0 Å². The van der Waals surface area contributed by atoms with E-state index in [9.17, 15) is 26.4 Å². The number of ketones is 1. The number of rotatable bonds is 9. The lowest BCUT2D eigenvalue weighted by Gasteiger charge is -2.21. The summed E-state index contributed by atoms with van der Waals surface area (Å²) in [7, 11) is -4.21. The van der Waals surface area contributed by atoms with Crippen LogP contribution in [0.15, 0.2) is 66.1 Å². The van der Waals surface area contributed by atoms with E-state index in [-0.39, 0.29) is 25.5 Å². The van der Waals surface area contributed by atoms with Gasteiger partial charge in [0.2, 0.25) is 10.0 Å². The van der Waals surface area contributed by atoms with E-state index in [4.69, 9.17) is 4.74 Å². The van der Waals surface area contributed by atoms with Gasteiger partial charge in [-0.3, -0.25) is 4.79 Å². The van der Waals surface area contributed by atoms with Gasteiger partial charge in [0.05, 0.1) is 16.0 Å². The van der Waals surface area contributed by atoms with Crippen LogP contribution in [0.3, 0.4) is 0 Å². The number of halogens is 3. The molecule has 0 N–H and O–H groups in total. The highest BCUT2D eigenvalue weighted by molar-refractivity contribution is 7.89. The molecule has 29 heavy (non-hydrogen) atoms. The molecule has 5 nitrogen and oxygen atoms in total. The quantitative estimate of drug-likeness (QED) is 0.445. The van der Waals surface area contributed by atoms with Gasteiger partial charge in [0, 0.05) is 13.1 Å². The van der Waals surface area contributed by atoms with E-state index >= 15 is 0 Å². The zero-order valence-electron chi connectivity index (χ0n) is 15.6. The third-order valence-electron chi connectivity index (χ3n) is 4.00. The van der Waals surface area contributed by atoms with Crippen LogP contribution in [-0.2, 0) is 16.2 Å². The minimum Gasteiger partial charge on any atom is -0.491 e. The molecule has 0 heterocycles. The van der Waals surface area contributed by atoms with Crippen molar-refractivity contribution in [1.82, 2.24) is 4.31 Å². The lowest BCUT2D eigenvalue weighted by atomic mass is 10.1. The van der Waals surface area contributed by atoms with Crippen LogP contribution < -0.4 is 4.74 Å². The first-order valence-corrected chi connectivity index (χ1v) is 10.0. The number of sulfonamides is 1. The average Bonchev–Trinajstić information content (AvgIpc) is 2.67. The van der Waals surface area contributed by atoms with Crippen molar-refractivity contribution in [3.63, 3.8) is 0 Å². The third kappa shape index (κ3) is 5.68. The van der Waals surface area contributed by atoms with Crippen molar-refractivity contribution in [1.29, 1.82) is 0 Å². The Hall–Kier alpha value is -2.65. The Balaban J connectivity index is 2.21. The minimum absolute atomic E-state index is 0.101. The Morgan fingerprint density at radius 3 is 2.48 bits per heavy atom. The molecular formula is C20H20F3NO4S. The number of para-hydroxylation sites is 1. The van der Waals surface area contributed by atoms with Gasteiger partial charge in [-0.25, -0.2) is 8.42 Å². The predicted molar refractivity (Wildman–Crippen MR) is 102 cm³/mol. The summed E-state index contributed by atoms with van der Waals surface area (Å²) in [5.41, 5.74) is -0.702. The molecule has 0 unspecified atom stereocenters. The molecule has 9 heteroatoms. The normalized spacial score (nSPS) is 12.0. The van der Waals surface area contributed by atoms with Crippen molar-refractivity contribution < 1.29 is 31.1 Å². The zero-order valence-corrected chi connectivity index (χ0v) is 16.5. The molecule has 156 valence electrons. The Bertz CT molecular complexity index is 987. The lowest BCUT2D eigenvalue weighted by Crippen LogP contribution is -2.35. The van der Waals surface area contributed by atoms with Gasteiger partial charge < -0.3 is 4.74 Å². The van der Waals surface area contributed by atoms with Crippen LogP contribution in [0.2, 0.25) is 0 Å². The van der Waals surface area contributed by atoms with E-state index < -0.39 is 26.7 Å². The lowest BCUT2D eigenvalue weighted by molar-refractivity contribution is -0.137. The van der Waals surface area contributed by atoms with Gasteiger partial charge in [0.25, 0.3) is 0 Å². The second-order valence-corrected chi connectivity index (χ2v) is 8.02. The highest BCUT2D eigenvalue weighted by Crippen LogP contribution is 2.31.